The molecule has 0 fully saturated rings. The molecular weight excluding hydrogens is 297 g/mol. The Balaban J connectivity index is 2.99. The molecule has 1 aromatic rings. The lowest BCUT2D eigenvalue weighted by Crippen LogP contribution is -2.32. The second-order valence-electron chi connectivity index (χ2n) is 4.91. The van der Waals surface area contributed by atoms with Crippen LogP contribution in [-0.2, 0) is 0 Å². The smallest absolute Gasteiger partial charge is 0.0369 e. The van der Waals surface area contributed by atoms with Gasteiger partial charge < -0.3 is 5.32 Å². The van der Waals surface area contributed by atoms with Crippen LogP contribution in [0, 0.1) is 8.99 Å². The van der Waals surface area contributed by atoms with E-state index in [0.29, 0.717) is 6.04 Å². The SMILES string of the molecule is CCNC(c1cccc(I)c1)C(C)(C)C. The summed E-state index contributed by atoms with van der Waals surface area (Å²) in [4.78, 5) is 0. The maximum atomic E-state index is 3.56. The highest BCUT2D eigenvalue weighted by atomic mass is 127. The number of benzene rings is 1. The van der Waals surface area contributed by atoms with E-state index in [4.69, 9.17) is 0 Å². The maximum absolute atomic E-state index is 3.56. The van der Waals surface area contributed by atoms with Gasteiger partial charge >= 0.3 is 0 Å². The standard InChI is InChI=1S/C13H20IN/c1-5-15-12(13(2,3)4)10-7-6-8-11(14)9-10/h6-9,12,15H,5H2,1-4H3. The Labute approximate surface area is 107 Å². The lowest BCUT2D eigenvalue weighted by atomic mass is 9.82. The third-order valence-corrected chi connectivity index (χ3v) is 3.13. The predicted molar refractivity (Wildman–Crippen MR) is 75.0 cm³/mol. The molecule has 1 N–H and O–H groups in total. The molecule has 1 aromatic carbocycles. The fourth-order valence-corrected chi connectivity index (χ4v) is 2.38. The van der Waals surface area contributed by atoms with Gasteiger partial charge in [-0.25, -0.2) is 0 Å². The van der Waals surface area contributed by atoms with Crippen LogP contribution in [0.4, 0.5) is 0 Å². The molecule has 0 aliphatic heterocycles. The van der Waals surface area contributed by atoms with Crippen molar-refractivity contribution in [2.24, 2.45) is 5.41 Å². The third-order valence-electron chi connectivity index (χ3n) is 2.46. The molecule has 0 amide bonds. The molecule has 1 atom stereocenters. The average molecular weight is 317 g/mol. The van der Waals surface area contributed by atoms with Crippen molar-refractivity contribution in [3.05, 3.63) is 33.4 Å². The van der Waals surface area contributed by atoms with Gasteiger partial charge in [-0.3, -0.25) is 0 Å². The van der Waals surface area contributed by atoms with E-state index in [2.05, 4.69) is 79.9 Å². The molecule has 0 spiro atoms. The maximum Gasteiger partial charge on any atom is 0.0369 e. The Hall–Kier alpha value is -0.0900. The van der Waals surface area contributed by atoms with Crippen LogP contribution in [0.15, 0.2) is 24.3 Å². The minimum absolute atomic E-state index is 0.250. The zero-order chi connectivity index (χ0) is 11.5. The van der Waals surface area contributed by atoms with E-state index in [1.54, 1.807) is 0 Å². The molecule has 0 saturated heterocycles. The van der Waals surface area contributed by atoms with Gasteiger partial charge in [0, 0.05) is 9.61 Å². The zero-order valence-electron chi connectivity index (χ0n) is 9.97. The fourth-order valence-electron chi connectivity index (χ4n) is 1.81. The van der Waals surface area contributed by atoms with Crippen molar-refractivity contribution in [2.45, 2.75) is 33.7 Å². The van der Waals surface area contributed by atoms with E-state index < -0.39 is 0 Å². The van der Waals surface area contributed by atoms with E-state index in [1.807, 2.05) is 0 Å². The summed E-state index contributed by atoms with van der Waals surface area (Å²) in [6.07, 6.45) is 0. The highest BCUT2D eigenvalue weighted by Crippen LogP contribution is 2.32. The molecule has 2 heteroatoms. The second-order valence-corrected chi connectivity index (χ2v) is 6.16. The molecule has 15 heavy (non-hydrogen) atoms. The summed E-state index contributed by atoms with van der Waals surface area (Å²) in [6.45, 7) is 10.0. The summed E-state index contributed by atoms with van der Waals surface area (Å²) in [5, 5.41) is 3.56. The average Bonchev–Trinajstić information content (AvgIpc) is 2.12. The van der Waals surface area contributed by atoms with Gasteiger partial charge in [-0.15, -0.1) is 0 Å². The van der Waals surface area contributed by atoms with Crippen LogP contribution in [0.5, 0.6) is 0 Å². The zero-order valence-corrected chi connectivity index (χ0v) is 12.1. The number of rotatable bonds is 3. The Bertz CT molecular complexity index is 315. The Morgan fingerprint density at radius 3 is 2.47 bits per heavy atom. The molecule has 0 saturated carbocycles. The monoisotopic (exact) mass is 317 g/mol. The van der Waals surface area contributed by atoms with Crippen molar-refractivity contribution < 1.29 is 0 Å². The molecular formula is C13H20IN. The number of nitrogens with one attached hydrogen (secondary N) is 1. The van der Waals surface area contributed by atoms with Crippen LogP contribution < -0.4 is 5.32 Å². The minimum Gasteiger partial charge on any atom is -0.310 e. The predicted octanol–water partition coefficient (Wildman–Crippen LogP) is 3.99. The third kappa shape index (κ3) is 3.76. The quantitative estimate of drug-likeness (QED) is 0.831. The molecule has 1 rings (SSSR count). The van der Waals surface area contributed by atoms with Gasteiger partial charge in [0.05, 0.1) is 0 Å². The number of hydrogen-bond donors (Lipinski definition) is 1. The largest absolute Gasteiger partial charge is 0.310 e. The first-order valence-electron chi connectivity index (χ1n) is 5.44. The summed E-state index contributed by atoms with van der Waals surface area (Å²) in [5.74, 6) is 0. The molecule has 0 heterocycles. The molecule has 0 aliphatic rings. The first-order valence-corrected chi connectivity index (χ1v) is 6.52. The van der Waals surface area contributed by atoms with Crippen molar-refractivity contribution in [1.82, 2.24) is 5.32 Å². The van der Waals surface area contributed by atoms with E-state index in [0.717, 1.165) is 6.54 Å². The van der Waals surface area contributed by atoms with Crippen LogP contribution in [0.3, 0.4) is 0 Å². The molecule has 0 aliphatic carbocycles. The number of hydrogen-bond acceptors (Lipinski definition) is 1. The Morgan fingerprint density at radius 2 is 2.00 bits per heavy atom. The minimum atomic E-state index is 0.250. The van der Waals surface area contributed by atoms with Gasteiger partial charge in [-0.1, -0.05) is 39.8 Å². The summed E-state index contributed by atoms with van der Waals surface area (Å²) < 4.78 is 1.30. The van der Waals surface area contributed by atoms with Crippen LogP contribution in [0.2, 0.25) is 0 Å². The van der Waals surface area contributed by atoms with Crippen molar-refractivity contribution in [2.75, 3.05) is 6.54 Å². The lowest BCUT2D eigenvalue weighted by molar-refractivity contribution is 0.276. The first-order chi connectivity index (χ1) is 6.95. The van der Waals surface area contributed by atoms with Gasteiger partial charge in [0.15, 0.2) is 0 Å². The Morgan fingerprint density at radius 1 is 1.33 bits per heavy atom. The summed E-state index contributed by atoms with van der Waals surface area (Å²) in [5.41, 5.74) is 1.64. The Kier molecular flexibility index (Phi) is 4.59. The highest BCUT2D eigenvalue weighted by molar-refractivity contribution is 14.1. The normalized spacial score (nSPS) is 13.9. The molecule has 1 unspecified atom stereocenters. The summed E-state index contributed by atoms with van der Waals surface area (Å²) in [6, 6.07) is 9.17. The lowest BCUT2D eigenvalue weighted by Gasteiger charge is -2.32. The molecule has 1 nitrogen and oxygen atoms in total. The summed E-state index contributed by atoms with van der Waals surface area (Å²) in [7, 11) is 0. The molecule has 0 radical (unpaired) electrons. The van der Waals surface area contributed by atoms with Crippen LogP contribution in [-0.4, -0.2) is 6.54 Å². The fraction of sp³-hybridized carbons (Fsp3) is 0.538. The van der Waals surface area contributed by atoms with Gasteiger partial charge in [-0.2, -0.15) is 0 Å². The van der Waals surface area contributed by atoms with Crippen molar-refractivity contribution >= 4 is 22.6 Å². The van der Waals surface area contributed by atoms with Crippen molar-refractivity contribution in [3.63, 3.8) is 0 Å². The highest BCUT2D eigenvalue weighted by Gasteiger charge is 2.25. The molecule has 0 bridgehead atoms. The molecule has 0 aromatic heterocycles. The van der Waals surface area contributed by atoms with Crippen molar-refractivity contribution in [1.29, 1.82) is 0 Å². The van der Waals surface area contributed by atoms with Gasteiger partial charge in [0.25, 0.3) is 0 Å². The van der Waals surface area contributed by atoms with Crippen molar-refractivity contribution in [3.8, 4) is 0 Å². The van der Waals surface area contributed by atoms with Crippen LogP contribution in [0.25, 0.3) is 0 Å². The topological polar surface area (TPSA) is 12.0 Å². The van der Waals surface area contributed by atoms with E-state index in [-0.39, 0.29) is 5.41 Å². The molecule has 84 valence electrons. The van der Waals surface area contributed by atoms with Gasteiger partial charge in [-0.05, 0) is 52.2 Å². The van der Waals surface area contributed by atoms with Crippen LogP contribution in [0.1, 0.15) is 39.3 Å². The second kappa shape index (κ2) is 5.30. The van der Waals surface area contributed by atoms with Gasteiger partial charge in [0.2, 0.25) is 0 Å². The van der Waals surface area contributed by atoms with Crippen LogP contribution >= 0.6 is 22.6 Å². The summed E-state index contributed by atoms with van der Waals surface area (Å²) >= 11 is 2.37. The van der Waals surface area contributed by atoms with E-state index in [1.165, 1.54) is 9.13 Å². The van der Waals surface area contributed by atoms with E-state index >= 15 is 0 Å². The van der Waals surface area contributed by atoms with Gasteiger partial charge in [0.1, 0.15) is 0 Å². The van der Waals surface area contributed by atoms with E-state index in [9.17, 15) is 0 Å². The first kappa shape index (κ1) is 13.0. The number of halogens is 1.